The Balaban J connectivity index is 1.33. The third kappa shape index (κ3) is 4.72. The molecule has 2 heterocycles. The molecule has 0 bridgehead atoms. The molecule has 0 N–H and O–H groups in total. The molecule has 2 aromatic heterocycles. The van der Waals surface area contributed by atoms with E-state index in [1.807, 2.05) is 12.1 Å². The molecule has 2 nitrogen and oxygen atoms in total. The molecule has 28 heavy (non-hydrogen) atoms. The Labute approximate surface area is 167 Å². The van der Waals surface area contributed by atoms with Gasteiger partial charge in [0.05, 0.1) is 11.4 Å². The van der Waals surface area contributed by atoms with Crippen molar-refractivity contribution < 1.29 is 0 Å². The van der Waals surface area contributed by atoms with Crippen LogP contribution in [0.5, 0.6) is 0 Å². The molecule has 0 fully saturated rings. The summed E-state index contributed by atoms with van der Waals surface area (Å²) in [5, 5.41) is 0. The van der Waals surface area contributed by atoms with Crippen molar-refractivity contribution in [1.29, 1.82) is 0 Å². The van der Waals surface area contributed by atoms with Crippen LogP contribution in [0.3, 0.4) is 0 Å². The van der Waals surface area contributed by atoms with Crippen LogP contribution in [0.1, 0.15) is 24.2 Å². The van der Waals surface area contributed by atoms with Gasteiger partial charge in [0.15, 0.2) is 0 Å². The highest BCUT2D eigenvalue weighted by molar-refractivity contribution is 5.59. The van der Waals surface area contributed by atoms with Gasteiger partial charge in [-0.25, -0.2) is 0 Å². The minimum absolute atomic E-state index is 0.999. The fourth-order valence-corrected chi connectivity index (χ4v) is 3.39. The summed E-state index contributed by atoms with van der Waals surface area (Å²) in [6, 6.07) is 33.4. The third-order valence-corrected chi connectivity index (χ3v) is 4.87. The zero-order valence-corrected chi connectivity index (χ0v) is 16.0. The number of hydrogen-bond donors (Lipinski definition) is 0. The summed E-state index contributed by atoms with van der Waals surface area (Å²) in [5.41, 5.74) is 6.77. The van der Waals surface area contributed by atoms with Gasteiger partial charge in [-0.1, -0.05) is 72.8 Å². The van der Waals surface area contributed by atoms with Crippen molar-refractivity contribution in [3.8, 4) is 22.5 Å². The Bertz CT molecular complexity index is 926. The lowest BCUT2D eigenvalue weighted by Crippen LogP contribution is -1.96. The van der Waals surface area contributed by atoms with Gasteiger partial charge in [0.2, 0.25) is 0 Å². The summed E-state index contributed by atoms with van der Waals surface area (Å²) in [6.45, 7) is 0. The molecule has 0 radical (unpaired) electrons. The lowest BCUT2D eigenvalue weighted by molar-refractivity contribution is 0.713. The minimum Gasteiger partial charge on any atom is -0.253 e. The fourth-order valence-electron chi connectivity index (χ4n) is 3.39. The zero-order valence-electron chi connectivity index (χ0n) is 16.0. The molecule has 0 aliphatic heterocycles. The number of benzene rings is 2. The van der Waals surface area contributed by atoms with Crippen molar-refractivity contribution in [2.45, 2.75) is 25.7 Å². The average Bonchev–Trinajstić information content (AvgIpc) is 2.78. The molecular weight excluding hydrogens is 340 g/mol. The monoisotopic (exact) mass is 364 g/mol. The first kappa shape index (κ1) is 18.1. The highest BCUT2D eigenvalue weighted by Gasteiger charge is 2.03. The van der Waals surface area contributed by atoms with Crippen LogP contribution in [0.4, 0.5) is 0 Å². The Hall–Kier alpha value is -3.26. The molecule has 0 saturated heterocycles. The second-order valence-electron chi connectivity index (χ2n) is 6.97. The first-order chi connectivity index (χ1) is 13.9. The number of rotatable bonds is 7. The molecule has 138 valence electrons. The maximum atomic E-state index is 4.83. The summed E-state index contributed by atoms with van der Waals surface area (Å²) in [6.07, 6.45) is 4.23. The SMILES string of the molecule is c1ccc(-c2cccc(CCCCc3cccc(-c4ccccc4)n3)n2)cc1. The smallest absolute Gasteiger partial charge is 0.0705 e. The number of aryl methyl sites for hydroxylation is 2. The van der Waals surface area contributed by atoms with E-state index in [9.17, 15) is 0 Å². The second kappa shape index (κ2) is 9.09. The van der Waals surface area contributed by atoms with E-state index in [2.05, 4.69) is 84.9 Å². The van der Waals surface area contributed by atoms with Crippen LogP contribution in [0.15, 0.2) is 97.1 Å². The Morgan fingerprint density at radius 3 is 1.29 bits per heavy atom. The number of nitrogens with zero attached hydrogens (tertiary/aromatic N) is 2. The van der Waals surface area contributed by atoms with E-state index in [1.165, 1.54) is 11.1 Å². The minimum atomic E-state index is 0.999. The van der Waals surface area contributed by atoms with Crippen molar-refractivity contribution in [1.82, 2.24) is 9.97 Å². The van der Waals surface area contributed by atoms with Crippen LogP contribution in [-0.2, 0) is 12.8 Å². The lowest BCUT2D eigenvalue weighted by Gasteiger charge is -2.06. The summed E-state index contributed by atoms with van der Waals surface area (Å²) >= 11 is 0. The molecule has 0 atom stereocenters. The third-order valence-electron chi connectivity index (χ3n) is 4.87. The Morgan fingerprint density at radius 1 is 0.429 bits per heavy atom. The lowest BCUT2D eigenvalue weighted by atomic mass is 10.1. The van der Waals surface area contributed by atoms with Crippen LogP contribution < -0.4 is 0 Å². The zero-order chi connectivity index (χ0) is 19.0. The van der Waals surface area contributed by atoms with Gasteiger partial charge in [0, 0.05) is 22.5 Å². The highest BCUT2D eigenvalue weighted by atomic mass is 14.7. The van der Waals surface area contributed by atoms with Gasteiger partial charge in [-0.2, -0.15) is 0 Å². The maximum Gasteiger partial charge on any atom is 0.0705 e. The molecule has 0 amide bonds. The van der Waals surface area contributed by atoms with Crippen molar-refractivity contribution in [2.24, 2.45) is 0 Å². The van der Waals surface area contributed by atoms with E-state index in [4.69, 9.17) is 9.97 Å². The molecule has 2 aromatic carbocycles. The van der Waals surface area contributed by atoms with Crippen molar-refractivity contribution >= 4 is 0 Å². The highest BCUT2D eigenvalue weighted by Crippen LogP contribution is 2.19. The van der Waals surface area contributed by atoms with E-state index in [1.54, 1.807) is 0 Å². The van der Waals surface area contributed by atoms with Gasteiger partial charge in [-0.3, -0.25) is 9.97 Å². The summed E-state index contributed by atoms with van der Waals surface area (Å²) < 4.78 is 0. The summed E-state index contributed by atoms with van der Waals surface area (Å²) in [5.74, 6) is 0. The van der Waals surface area contributed by atoms with Crippen LogP contribution >= 0.6 is 0 Å². The number of unbranched alkanes of at least 4 members (excludes halogenated alkanes) is 1. The first-order valence-corrected chi connectivity index (χ1v) is 9.91. The number of pyridine rings is 2. The molecule has 0 aliphatic rings. The van der Waals surface area contributed by atoms with E-state index in [0.29, 0.717) is 0 Å². The van der Waals surface area contributed by atoms with E-state index < -0.39 is 0 Å². The number of aromatic nitrogens is 2. The van der Waals surface area contributed by atoms with Crippen molar-refractivity contribution in [2.75, 3.05) is 0 Å². The quantitative estimate of drug-likeness (QED) is 0.356. The van der Waals surface area contributed by atoms with Gasteiger partial charge >= 0.3 is 0 Å². The van der Waals surface area contributed by atoms with Gasteiger partial charge < -0.3 is 0 Å². The maximum absolute atomic E-state index is 4.83. The van der Waals surface area contributed by atoms with Gasteiger partial charge in [-0.05, 0) is 49.9 Å². The molecule has 0 spiro atoms. The predicted molar refractivity (Wildman–Crippen MR) is 116 cm³/mol. The van der Waals surface area contributed by atoms with Gasteiger partial charge in [-0.15, -0.1) is 0 Å². The molecule has 4 rings (SSSR count). The van der Waals surface area contributed by atoms with Crippen LogP contribution in [0.2, 0.25) is 0 Å². The van der Waals surface area contributed by atoms with E-state index in [-0.39, 0.29) is 0 Å². The van der Waals surface area contributed by atoms with Crippen molar-refractivity contribution in [3.63, 3.8) is 0 Å². The number of hydrogen-bond acceptors (Lipinski definition) is 2. The Kier molecular flexibility index (Phi) is 5.89. The molecule has 0 unspecified atom stereocenters. The molecule has 2 heteroatoms. The molecule has 4 aromatic rings. The largest absolute Gasteiger partial charge is 0.253 e. The summed E-state index contributed by atoms with van der Waals surface area (Å²) in [7, 11) is 0. The van der Waals surface area contributed by atoms with Crippen molar-refractivity contribution in [3.05, 3.63) is 108 Å². The molecular formula is C26H24N2. The summed E-state index contributed by atoms with van der Waals surface area (Å²) in [4.78, 5) is 9.65. The van der Waals surface area contributed by atoms with Crippen LogP contribution in [0, 0.1) is 0 Å². The normalized spacial score (nSPS) is 10.7. The van der Waals surface area contributed by atoms with Crippen LogP contribution in [0.25, 0.3) is 22.5 Å². The van der Waals surface area contributed by atoms with Gasteiger partial charge in [0.25, 0.3) is 0 Å². The standard InChI is InChI=1S/C26H24N2/c1-3-11-21(12-4-1)25-19-9-17-23(27-25)15-7-8-16-24-18-10-20-26(28-24)22-13-5-2-6-14-22/h1-6,9-14,17-20H,7-8,15-16H2. The van der Waals surface area contributed by atoms with Gasteiger partial charge in [0.1, 0.15) is 0 Å². The fraction of sp³-hybridized carbons (Fsp3) is 0.154. The second-order valence-corrected chi connectivity index (χ2v) is 6.97. The first-order valence-electron chi connectivity index (χ1n) is 9.91. The van der Waals surface area contributed by atoms with E-state index >= 15 is 0 Å². The van der Waals surface area contributed by atoms with E-state index in [0.717, 1.165) is 48.5 Å². The average molecular weight is 364 g/mol. The predicted octanol–water partition coefficient (Wildman–Crippen LogP) is 6.38. The molecule has 0 saturated carbocycles. The Morgan fingerprint density at radius 2 is 0.857 bits per heavy atom. The topological polar surface area (TPSA) is 25.8 Å². The molecule has 0 aliphatic carbocycles. The van der Waals surface area contributed by atoms with Crippen LogP contribution in [-0.4, -0.2) is 9.97 Å².